The molecule has 1 aliphatic heterocycles. The molecule has 3 aliphatic rings. The first-order chi connectivity index (χ1) is 11.1. The van der Waals surface area contributed by atoms with Crippen molar-refractivity contribution >= 4 is 5.95 Å². The molecule has 1 aromatic heterocycles. The minimum absolute atomic E-state index is 0.297. The molecule has 1 aromatic rings. The molecule has 4 rings (SSSR count). The van der Waals surface area contributed by atoms with E-state index < -0.39 is 0 Å². The molecule has 1 saturated heterocycles. The lowest BCUT2D eigenvalue weighted by Gasteiger charge is -2.40. The average molecular weight is 316 g/mol. The molecule has 1 atom stereocenters. The molecule has 0 spiro atoms. The van der Waals surface area contributed by atoms with Gasteiger partial charge in [0.05, 0.1) is 18.9 Å². The fourth-order valence-electron chi connectivity index (χ4n) is 3.96. The maximum Gasteiger partial charge on any atom is 0.225 e. The van der Waals surface area contributed by atoms with Crippen LogP contribution in [0.2, 0.25) is 0 Å². The van der Waals surface area contributed by atoms with E-state index in [9.17, 15) is 0 Å². The molecular weight excluding hydrogens is 288 g/mol. The first kappa shape index (κ1) is 15.3. The van der Waals surface area contributed by atoms with E-state index >= 15 is 0 Å². The number of rotatable bonds is 3. The number of morpholine rings is 1. The monoisotopic (exact) mass is 316 g/mol. The fraction of sp³-hybridized carbons (Fsp3) is 0.778. The summed E-state index contributed by atoms with van der Waals surface area (Å²) in [6.45, 7) is 8.07. The van der Waals surface area contributed by atoms with Gasteiger partial charge in [0.1, 0.15) is 0 Å². The summed E-state index contributed by atoms with van der Waals surface area (Å²) >= 11 is 0. The maximum absolute atomic E-state index is 5.44. The summed E-state index contributed by atoms with van der Waals surface area (Å²) < 4.78 is 5.44. The summed E-state index contributed by atoms with van der Waals surface area (Å²) in [5.41, 5.74) is 2.87. The van der Waals surface area contributed by atoms with Crippen molar-refractivity contribution in [3.63, 3.8) is 0 Å². The zero-order valence-electron chi connectivity index (χ0n) is 14.3. The van der Waals surface area contributed by atoms with E-state index in [0.717, 1.165) is 38.7 Å². The molecule has 1 saturated carbocycles. The lowest BCUT2D eigenvalue weighted by atomic mass is 9.73. The second-order valence-corrected chi connectivity index (χ2v) is 8.06. The molecule has 0 radical (unpaired) electrons. The Morgan fingerprint density at radius 3 is 2.74 bits per heavy atom. The summed E-state index contributed by atoms with van der Waals surface area (Å²) in [5, 5.41) is 3.85. The van der Waals surface area contributed by atoms with Gasteiger partial charge in [0.25, 0.3) is 0 Å². The molecule has 2 heterocycles. The topological polar surface area (TPSA) is 50.3 Å². The van der Waals surface area contributed by atoms with Gasteiger partial charge in [-0.3, -0.25) is 0 Å². The maximum atomic E-state index is 5.44. The third-order valence-corrected chi connectivity index (χ3v) is 5.50. The average Bonchev–Trinajstić information content (AvgIpc) is 2.50. The van der Waals surface area contributed by atoms with Gasteiger partial charge >= 0.3 is 0 Å². The minimum atomic E-state index is 0.297. The summed E-state index contributed by atoms with van der Waals surface area (Å²) in [7, 11) is 0. The highest BCUT2D eigenvalue weighted by Crippen LogP contribution is 2.41. The number of nitrogens with zero attached hydrogens (tertiary/aromatic N) is 3. The van der Waals surface area contributed by atoms with Gasteiger partial charge in [-0.2, -0.15) is 0 Å². The second-order valence-electron chi connectivity index (χ2n) is 8.06. The van der Waals surface area contributed by atoms with Gasteiger partial charge in [-0.05, 0) is 31.1 Å². The standard InChI is InChI=1S/C18H28N4O/c1-18(2)10-15(20-13-4-3-5-13)14-12-19-17(21-16(14)11-18)22-6-8-23-9-7-22/h12-13,15,20H,3-11H2,1-2H3/t15-/m1/s1. The van der Waals surface area contributed by atoms with Crippen LogP contribution < -0.4 is 10.2 Å². The summed E-state index contributed by atoms with van der Waals surface area (Å²) in [6, 6.07) is 1.11. The SMILES string of the molecule is CC1(C)Cc2nc(N3CCOCC3)ncc2[C@H](NC2CCC2)C1. The van der Waals surface area contributed by atoms with E-state index in [1.165, 1.54) is 36.9 Å². The number of nitrogens with one attached hydrogen (secondary N) is 1. The van der Waals surface area contributed by atoms with Gasteiger partial charge in [0.15, 0.2) is 0 Å². The quantitative estimate of drug-likeness (QED) is 0.928. The smallest absolute Gasteiger partial charge is 0.225 e. The second kappa shape index (κ2) is 6.02. The predicted octanol–water partition coefficient (Wildman–Crippen LogP) is 2.47. The number of hydrogen-bond donors (Lipinski definition) is 1. The van der Waals surface area contributed by atoms with Gasteiger partial charge in [-0.15, -0.1) is 0 Å². The molecular formula is C18H28N4O. The van der Waals surface area contributed by atoms with Crippen molar-refractivity contribution in [1.82, 2.24) is 15.3 Å². The summed E-state index contributed by atoms with van der Waals surface area (Å²) in [6.07, 6.45) is 8.31. The molecule has 2 fully saturated rings. The number of anilines is 1. The van der Waals surface area contributed by atoms with Gasteiger partial charge in [-0.1, -0.05) is 20.3 Å². The number of aromatic nitrogens is 2. The van der Waals surface area contributed by atoms with Gasteiger partial charge in [0, 0.05) is 36.9 Å². The van der Waals surface area contributed by atoms with Crippen LogP contribution in [0.5, 0.6) is 0 Å². The van der Waals surface area contributed by atoms with Crippen LogP contribution in [0.15, 0.2) is 6.20 Å². The van der Waals surface area contributed by atoms with E-state index in [-0.39, 0.29) is 0 Å². The molecule has 0 aromatic carbocycles. The first-order valence-electron chi connectivity index (χ1n) is 9.05. The van der Waals surface area contributed by atoms with Crippen LogP contribution in [0.25, 0.3) is 0 Å². The molecule has 0 bridgehead atoms. The van der Waals surface area contributed by atoms with Crippen molar-refractivity contribution in [1.29, 1.82) is 0 Å². The molecule has 23 heavy (non-hydrogen) atoms. The number of fused-ring (bicyclic) bond motifs is 1. The minimum Gasteiger partial charge on any atom is -0.378 e. The van der Waals surface area contributed by atoms with Gasteiger partial charge < -0.3 is 15.0 Å². The van der Waals surface area contributed by atoms with Crippen molar-refractivity contribution in [3.05, 3.63) is 17.5 Å². The zero-order chi connectivity index (χ0) is 15.9. The molecule has 1 N–H and O–H groups in total. The van der Waals surface area contributed by atoms with Crippen LogP contribution in [0.1, 0.15) is 56.8 Å². The van der Waals surface area contributed by atoms with Crippen molar-refractivity contribution in [2.45, 2.75) is 58.0 Å². The Kier molecular flexibility index (Phi) is 4.01. The van der Waals surface area contributed by atoms with E-state index in [0.29, 0.717) is 17.5 Å². The van der Waals surface area contributed by atoms with Crippen molar-refractivity contribution in [2.24, 2.45) is 5.41 Å². The van der Waals surface area contributed by atoms with E-state index in [4.69, 9.17) is 9.72 Å². The molecule has 5 nitrogen and oxygen atoms in total. The van der Waals surface area contributed by atoms with Crippen molar-refractivity contribution < 1.29 is 4.74 Å². The Labute approximate surface area is 138 Å². The Bertz CT molecular complexity index is 564. The molecule has 2 aliphatic carbocycles. The van der Waals surface area contributed by atoms with Crippen LogP contribution in [-0.4, -0.2) is 42.3 Å². The Hall–Kier alpha value is -1.20. The normalized spacial score (nSPS) is 27.4. The molecule has 0 amide bonds. The van der Waals surface area contributed by atoms with Gasteiger partial charge in [0.2, 0.25) is 5.95 Å². The molecule has 5 heteroatoms. The summed E-state index contributed by atoms with van der Waals surface area (Å²) in [4.78, 5) is 11.9. The third kappa shape index (κ3) is 3.22. The largest absolute Gasteiger partial charge is 0.378 e. The van der Waals surface area contributed by atoms with Crippen LogP contribution in [0, 0.1) is 5.41 Å². The summed E-state index contributed by atoms with van der Waals surface area (Å²) in [5.74, 6) is 0.882. The van der Waals surface area contributed by atoms with E-state index in [1.54, 1.807) is 0 Å². The highest BCUT2D eigenvalue weighted by molar-refractivity contribution is 5.36. The predicted molar refractivity (Wildman–Crippen MR) is 90.7 cm³/mol. The lowest BCUT2D eigenvalue weighted by molar-refractivity contribution is 0.122. The lowest BCUT2D eigenvalue weighted by Crippen LogP contribution is -2.43. The van der Waals surface area contributed by atoms with Crippen LogP contribution in [0.4, 0.5) is 5.95 Å². The van der Waals surface area contributed by atoms with E-state index in [1.807, 2.05) is 0 Å². The van der Waals surface area contributed by atoms with Crippen LogP contribution in [0.3, 0.4) is 0 Å². The Balaban J connectivity index is 1.59. The fourth-order valence-corrected chi connectivity index (χ4v) is 3.96. The molecule has 0 unspecified atom stereocenters. The van der Waals surface area contributed by atoms with Crippen LogP contribution in [-0.2, 0) is 11.2 Å². The van der Waals surface area contributed by atoms with Crippen molar-refractivity contribution in [3.8, 4) is 0 Å². The van der Waals surface area contributed by atoms with Gasteiger partial charge in [-0.25, -0.2) is 9.97 Å². The zero-order valence-corrected chi connectivity index (χ0v) is 14.3. The molecule has 126 valence electrons. The number of hydrogen-bond acceptors (Lipinski definition) is 5. The first-order valence-corrected chi connectivity index (χ1v) is 9.05. The Morgan fingerprint density at radius 2 is 2.04 bits per heavy atom. The highest BCUT2D eigenvalue weighted by Gasteiger charge is 2.35. The highest BCUT2D eigenvalue weighted by atomic mass is 16.5. The van der Waals surface area contributed by atoms with Crippen LogP contribution >= 0.6 is 0 Å². The van der Waals surface area contributed by atoms with E-state index in [2.05, 4.69) is 35.2 Å². The Morgan fingerprint density at radius 1 is 1.26 bits per heavy atom. The van der Waals surface area contributed by atoms with Crippen molar-refractivity contribution in [2.75, 3.05) is 31.2 Å². The third-order valence-electron chi connectivity index (χ3n) is 5.50. The number of ether oxygens (including phenoxy) is 1.